The molecule has 1 fully saturated rings. The Bertz CT molecular complexity index is 1550. The quantitative estimate of drug-likeness (QED) is 0.303. The summed E-state index contributed by atoms with van der Waals surface area (Å²) in [5, 5.41) is 9.64. The van der Waals surface area contributed by atoms with Crippen LogP contribution >= 0.6 is 0 Å². The van der Waals surface area contributed by atoms with Crippen molar-refractivity contribution in [3.63, 3.8) is 0 Å². The van der Waals surface area contributed by atoms with Gasteiger partial charge < -0.3 is 9.15 Å². The highest BCUT2D eigenvalue weighted by atomic mass is 32.2. The molecule has 1 aliphatic heterocycles. The molecular formula is C29H26N2O5S. The smallest absolute Gasteiger partial charge is 0.277 e. The fourth-order valence-electron chi connectivity index (χ4n) is 4.67. The molecule has 0 unspecified atom stereocenters. The lowest BCUT2D eigenvalue weighted by molar-refractivity contribution is -0.122. The number of para-hydroxylation sites is 1. The van der Waals surface area contributed by atoms with Crippen LogP contribution in [-0.2, 0) is 27.8 Å². The number of sulfonamides is 1. The third kappa shape index (κ3) is 5.43. The zero-order chi connectivity index (χ0) is 25.8. The summed E-state index contributed by atoms with van der Waals surface area (Å²) in [6.07, 6.45) is 1.84. The predicted octanol–water partition coefficient (Wildman–Crippen LogP) is 5.24. The summed E-state index contributed by atoms with van der Waals surface area (Å²) >= 11 is 0. The van der Waals surface area contributed by atoms with Gasteiger partial charge >= 0.3 is 0 Å². The molecule has 5 rings (SSSR count). The number of fused-ring (bicyclic) bond motifs is 1. The van der Waals surface area contributed by atoms with Gasteiger partial charge in [-0.2, -0.15) is 9.57 Å². The second kappa shape index (κ2) is 10.6. The first kappa shape index (κ1) is 24.8. The Morgan fingerprint density at radius 3 is 2.68 bits per heavy atom. The number of ether oxygens (including phenoxy) is 1. The monoisotopic (exact) mass is 514 g/mol. The molecule has 7 nitrogen and oxygen atoms in total. The molecule has 0 aliphatic carbocycles. The van der Waals surface area contributed by atoms with E-state index in [-0.39, 0.29) is 17.3 Å². The Morgan fingerprint density at radius 2 is 1.84 bits per heavy atom. The van der Waals surface area contributed by atoms with Gasteiger partial charge in [0, 0.05) is 24.4 Å². The Kier molecular flexibility index (Phi) is 7.08. The SMILES string of the molecule is N#Cc1cccc(COc2cccc(CCC(=O)[C@@H]3CCCN3S(=O)(=O)c3cc4ccccc4o3)c2)c1. The molecule has 0 bridgehead atoms. The molecular weight excluding hydrogens is 488 g/mol. The number of Topliss-reactive ketones (excluding diaryl/α,β-unsaturated/α-hetero) is 1. The lowest BCUT2D eigenvalue weighted by atomic mass is 10.0. The van der Waals surface area contributed by atoms with E-state index < -0.39 is 16.1 Å². The molecule has 1 atom stereocenters. The van der Waals surface area contributed by atoms with Gasteiger partial charge in [0.1, 0.15) is 17.9 Å². The minimum Gasteiger partial charge on any atom is -0.489 e. The number of ketones is 1. The molecule has 1 saturated heterocycles. The minimum absolute atomic E-state index is 0.100. The van der Waals surface area contributed by atoms with Gasteiger partial charge in [0.15, 0.2) is 5.78 Å². The highest BCUT2D eigenvalue weighted by Gasteiger charge is 2.40. The van der Waals surface area contributed by atoms with E-state index in [2.05, 4.69) is 6.07 Å². The number of benzene rings is 3. The van der Waals surface area contributed by atoms with Gasteiger partial charge in [-0.25, -0.2) is 8.42 Å². The van der Waals surface area contributed by atoms with Crippen LogP contribution in [0.2, 0.25) is 0 Å². The lowest BCUT2D eigenvalue weighted by Crippen LogP contribution is -2.40. The normalized spacial score (nSPS) is 16.0. The van der Waals surface area contributed by atoms with Crippen molar-refractivity contribution in [2.75, 3.05) is 6.54 Å². The number of carbonyl (C=O) groups is 1. The summed E-state index contributed by atoms with van der Waals surface area (Å²) in [7, 11) is -3.92. The predicted molar refractivity (Wildman–Crippen MR) is 138 cm³/mol. The Labute approximate surface area is 215 Å². The number of hydrogen-bond acceptors (Lipinski definition) is 6. The van der Waals surface area contributed by atoms with Crippen LogP contribution in [0.5, 0.6) is 5.75 Å². The summed E-state index contributed by atoms with van der Waals surface area (Å²) in [6.45, 7) is 0.626. The molecule has 0 saturated carbocycles. The molecule has 0 spiro atoms. The lowest BCUT2D eigenvalue weighted by Gasteiger charge is -2.21. The first-order valence-electron chi connectivity index (χ1n) is 12.2. The van der Waals surface area contributed by atoms with E-state index in [1.807, 2.05) is 42.5 Å². The van der Waals surface area contributed by atoms with E-state index in [9.17, 15) is 13.2 Å². The van der Waals surface area contributed by atoms with Crippen molar-refractivity contribution in [2.45, 2.75) is 43.4 Å². The number of aryl methyl sites for hydroxylation is 1. The van der Waals surface area contributed by atoms with Crippen LogP contribution in [0.4, 0.5) is 0 Å². The molecule has 37 heavy (non-hydrogen) atoms. The molecule has 8 heteroatoms. The van der Waals surface area contributed by atoms with Crippen molar-refractivity contribution < 1.29 is 22.4 Å². The minimum atomic E-state index is -3.92. The molecule has 0 N–H and O–H groups in total. The summed E-state index contributed by atoms with van der Waals surface area (Å²) < 4.78 is 39.4. The summed E-state index contributed by atoms with van der Waals surface area (Å²) in [6, 6.07) is 24.9. The maximum absolute atomic E-state index is 13.3. The van der Waals surface area contributed by atoms with Crippen molar-refractivity contribution in [3.05, 3.63) is 95.6 Å². The van der Waals surface area contributed by atoms with Crippen molar-refractivity contribution in [2.24, 2.45) is 0 Å². The first-order valence-corrected chi connectivity index (χ1v) is 13.6. The van der Waals surface area contributed by atoms with E-state index >= 15 is 0 Å². The zero-order valence-corrected chi connectivity index (χ0v) is 21.0. The van der Waals surface area contributed by atoms with Gasteiger partial charge in [0.05, 0.1) is 17.7 Å². The summed E-state index contributed by atoms with van der Waals surface area (Å²) in [5.74, 6) is 0.569. The number of nitriles is 1. The van der Waals surface area contributed by atoms with Gasteiger partial charge in [-0.05, 0) is 60.7 Å². The largest absolute Gasteiger partial charge is 0.489 e. The van der Waals surface area contributed by atoms with Crippen LogP contribution < -0.4 is 4.74 Å². The maximum atomic E-state index is 13.3. The van der Waals surface area contributed by atoms with E-state index in [0.29, 0.717) is 54.7 Å². The summed E-state index contributed by atoms with van der Waals surface area (Å²) in [4.78, 5) is 13.1. The summed E-state index contributed by atoms with van der Waals surface area (Å²) in [5.41, 5.74) is 2.91. The van der Waals surface area contributed by atoms with Gasteiger partial charge in [0.2, 0.25) is 5.09 Å². The van der Waals surface area contributed by atoms with Crippen molar-refractivity contribution in [1.29, 1.82) is 5.26 Å². The molecule has 1 aliphatic rings. The van der Waals surface area contributed by atoms with Crippen LogP contribution in [0, 0.1) is 11.3 Å². The molecule has 188 valence electrons. The number of hydrogen-bond donors (Lipinski definition) is 0. The van der Waals surface area contributed by atoms with Crippen molar-refractivity contribution in [1.82, 2.24) is 4.31 Å². The average Bonchev–Trinajstić information content (AvgIpc) is 3.60. The van der Waals surface area contributed by atoms with Crippen molar-refractivity contribution in [3.8, 4) is 11.8 Å². The average molecular weight is 515 g/mol. The molecule has 0 radical (unpaired) electrons. The second-order valence-electron chi connectivity index (χ2n) is 9.09. The zero-order valence-electron chi connectivity index (χ0n) is 20.2. The van der Waals surface area contributed by atoms with E-state index in [4.69, 9.17) is 14.4 Å². The van der Waals surface area contributed by atoms with Crippen LogP contribution in [0.1, 0.15) is 36.0 Å². The number of furan rings is 1. The fourth-order valence-corrected chi connectivity index (χ4v) is 6.30. The van der Waals surface area contributed by atoms with Gasteiger partial charge in [-0.1, -0.05) is 42.5 Å². The third-order valence-electron chi connectivity index (χ3n) is 6.56. The maximum Gasteiger partial charge on any atom is 0.277 e. The first-order chi connectivity index (χ1) is 17.9. The fraction of sp³-hybridized carbons (Fsp3) is 0.241. The molecule has 4 aromatic rings. The molecule has 0 amide bonds. The van der Waals surface area contributed by atoms with E-state index in [0.717, 1.165) is 11.1 Å². The standard InChI is InChI=1S/C29H26N2O5S/c30-19-22-7-3-8-23(16-22)20-35-25-10-4-6-21(17-25)13-14-27(32)26-11-5-15-31(26)37(33,34)29-18-24-9-1-2-12-28(24)36-29/h1-4,6-10,12,16-18,26H,5,11,13-15,20H2/t26-/m0/s1. The third-order valence-corrected chi connectivity index (χ3v) is 8.33. The number of nitrogens with zero attached hydrogens (tertiary/aromatic N) is 2. The Morgan fingerprint density at radius 1 is 1.03 bits per heavy atom. The second-order valence-corrected chi connectivity index (χ2v) is 10.9. The molecule has 3 aromatic carbocycles. The number of rotatable bonds is 9. The van der Waals surface area contributed by atoms with Crippen molar-refractivity contribution >= 4 is 26.8 Å². The van der Waals surface area contributed by atoms with Crippen LogP contribution in [0.25, 0.3) is 11.0 Å². The van der Waals surface area contributed by atoms with Crippen LogP contribution in [-0.4, -0.2) is 31.1 Å². The molecule has 2 heterocycles. The highest BCUT2D eigenvalue weighted by Crippen LogP contribution is 2.31. The molecule has 1 aromatic heterocycles. The van der Waals surface area contributed by atoms with Gasteiger partial charge in [-0.3, -0.25) is 4.79 Å². The highest BCUT2D eigenvalue weighted by molar-refractivity contribution is 7.89. The van der Waals surface area contributed by atoms with E-state index in [1.165, 1.54) is 10.4 Å². The van der Waals surface area contributed by atoms with E-state index in [1.54, 1.807) is 30.3 Å². The number of carbonyl (C=O) groups excluding carboxylic acids is 1. The Hall–Kier alpha value is -3.93. The van der Waals surface area contributed by atoms with Crippen LogP contribution in [0.3, 0.4) is 0 Å². The van der Waals surface area contributed by atoms with Gasteiger partial charge in [0.25, 0.3) is 10.0 Å². The van der Waals surface area contributed by atoms with Crippen LogP contribution in [0.15, 0.2) is 88.4 Å². The Balaban J connectivity index is 1.22. The topological polar surface area (TPSA) is 101 Å². The van der Waals surface area contributed by atoms with Gasteiger partial charge in [-0.15, -0.1) is 0 Å².